The van der Waals surface area contributed by atoms with Gasteiger partial charge < -0.3 is 65.7 Å². The molecule has 5 atom stereocenters. The number of aliphatic carboxylic acids is 1. The number of nitrogens with one attached hydrogen (secondary N) is 6. The van der Waals surface area contributed by atoms with E-state index in [0.717, 1.165) is 0 Å². The number of hydrogen-bond donors (Lipinski definition) is 12. The van der Waals surface area contributed by atoms with Crippen molar-refractivity contribution in [1.29, 1.82) is 0 Å². The molecule has 0 aromatic heterocycles. The summed E-state index contributed by atoms with van der Waals surface area (Å²) in [4.78, 5) is 105. The molecule has 0 saturated carbocycles. The van der Waals surface area contributed by atoms with E-state index in [4.69, 9.17) is 33.8 Å². The largest absolute Gasteiger partial charge is 0.480 e. The van der Waals surface area contributed by atoms with Crippen molar-refractivity contribution in [3.63, 3.8) is 0 Å². The second kappa shape index (κ2) is 26.9. The highest BCUT2D eigenvalue weighted by molar-refractivity contribution is 5.96. The summed E-state index contributed by atoms with van der Waals surface area (Å²) in [7, 11) is 0. The number of benzene rings is 1. The van der Waals surface area contributed by atoms with Crippen LogP contribution in [0.25, 0.3) is 0 Å². The number of nitrogens with zero attached hydrogens (tertiary/aromatic N) is 1. The lowest BCUT2D eigenvalue weighted by Crippen LogP contribution is -2.57. The van der Waals surface area contributed by atoms with Crippen molar-refractivity contribution in [3.8, 4) is 0 Å². The monoisotopic (exact) mass is 804 g/mol. The van der Waals surface area contributed by atoms with Gasteiger partial charge in [-0.3, -0.25) is 43.3 Å². The topological polar surface area (TPSA) is 371 Å². The molecule has 1 aromatic carbocycles. The summed E-state index contributed by atoms with van der Waals surface area (Å²) in [6.07, 6.45) is 1.36. The Bertz CT molecular complexity index is 1520. The number of carboxylic acids is 1. The summed E-state index contributed by atoms with van der Waals surface area (Å²) < 4.78 is 0. The molecular formula is C36H60N12O9. The number of aliphatic imine (C=N–C) groups is 1. The predicted molar refractivity (Wildman–Crippen MR) is 210 cm³/mol. The van der Waals surface area contributed by atoms with Gasteiger partial charge in [0.1, 0.15) is 30.7 Å². The lowest BCUT2D eigenvalue weighted by Gasteiger charge is -2.25. The first kappa shape index (κ1) is 49.2. The number of carbonyl (C=O) groups is 8. The Hall–Kier alpha value is -5.83. The summed E-state index contributed by atoms with van der Waals surface area (Å²) in [5.74, 6) is -6.58. The molecule has 0 radical (unpaired) electrons. The lowest BCUT2D eigenvalue weighted by molar-refractivity contribution is -0.138. The molecule has 1 rings (SSSR count). The first-order valence-electron chi connectivity index (χ1n) is 18.7. The van der Waals surface area contributed by atoms with Crippen LogP contribution in [0.15, 0.2) is 35.3 Å². The first-order chi connectivity index (χ1) is 26.9. The van der Waals surface area contributed by atoms with E-state index in [-0.39, 0.29) is 63.4 Å². The third-order valence-corrected chi connectivity index (χ3v) is 8.31. The zero-order chi connectivity index (χ0) is 42.9. The van der Waals surface area contributed by atoms with Gasteiger partial charge in [-0.2, -0.15) is 0 Å². The Morgan fingerprint density at radius 2 is 1.25 bits per heavy atom. The van der Waals surface area contributed by atoms with Gasteiger partial charge in [-0.1, -0.05) is 44.2 Å². The molecule has 0 aliphatic rings. The number of carbonyl (C=O) groups excluding carboxylic acids is 7. The summed E-state index contributed by atoms with van der Waals surface area (Å²) in [6, 6.07) is 2.86. The maximum atomic E-state index is 13.6. The van der Waals surface area contributed by atoms with Gasteiger partial charge in [0.15, 0.2) is 5.96 Å². The van der Waals surface area contributed by atoms with Gasteiger partial charge >= 0.3 is 5.97 Å². The van der Waals surface area contributed by atoms with Crippen LogP contribution in [0.3, 0.4) is 0 Å². The highest BCUT2D eigenvalue weighted by atomic mass is 16.4. The summed E-state index contributed by atoms with van der Waals surface area (Å²) in [6.45, 7) is 2.77. The van der Waals surface area contributed by atoms with Crippen LogP contribution in [-0.4, -0.2) is 115 Å². The molecular weight excluding hydrogens is 744 g/mol. The smallest absolute Gasteiger partial charge is 0.322 e. The molecule has 0 fully saturated rings. The van der Waals surface area contributed by atoms with Crippen molar-refractivity contribution in [2.75, 3.05) is 26.2 Å². The fraction of sp³-hybridized carbons (Fsp3) is 0.583. The van der Waals surface area contributed by atoms with Crippen LogP contribution < -0.4 is 60.6 Å². The van der Waals surface area contributed by atoms with Crippen LogP contribution in [0, 0.1) is 5.92 Å². The third-order valence-electron chi connectivity index (χ3n) is 8.31. The second-order valence-corrected chi connectivity index (χ2v) is 13.8. The Balaban J connectivity index is 3.14. The van der Waals surface area contributed by atoms with Crippen molar-refractivity contribution in [3.05, 3.63) is 35.9 Å². The van der Waals surface area contributed by atoms with Crippen molar-refractivity contribution in [2.24, 2.45) is 39.6 Å². The van der Waals surface area contributed by atoms with E-state index in [2.05, 4.69) is 36.9 Å². The van der Waals surface area contributed by atoms with E-state index >= 15 is 0 Å². The maximum absolute atomic E-state index is 13.6. The Kier molecular flexibility index (Phi) is 23.2. The zero-order valence-corrected chi connectivity index (χ0v) is 32.6. The van der Waals surface area contributed by atoms with Crippen molar-refractivity contribution >= 4 is 53.3 Å². The van der Waals surface area contributed by atoms with Gasteiger partial charge in [0.05, 0.1) is 12.6 Å². The summed E-state index contributed by atoms with van der Waals surface area (Å²) >= 11 is 0. The van der Waals surface area contributed by atoms with Crippen molar-refractivity contribution < 1.29 is 43.5 Å². The number of amides is 7. The van der Waals surface area contributed by atoms with Crippen molar-refractivity contribution in [2.45, 2.75) is 102 Å². The van der Waals surface area contributed by atoms with Gasteiger partial charge in [0, 0.05) is 19.4 Å². The molecule has 7 amide bonds. The molecule has 1 aromatic rings. The van der Waals surface area contributed by atoms with Gasteiger partial charge in [0.25, 0.3) is 0 Å². The minimum atomic E-state index is -1.29. The molecule has 0 unspecified atom stereocenters. The highest BCUT2D eigenvalue weighted by Gasteiger charge is 2.30. The Labute approximate surface area is 331 Å². The molecule has 0 aliphatic heterocycles. The van der Waals surface area contributed by atoms with E-state index in [9.17, 15) is 38.4 Å². The predicted octanol–water partition coefficient (Wildman–Crippen LogP) is -3.69. The van der Waals surface area contributed by atoms with Gasteiger partial charge in [-0.05, 0) is 63.0 Å². The average Bonchev–Trinajstić information content (AvgIpc) is 3.15. The van der Waals surface area contributed by atoms with E-state index in [1.54, 1.807) is 30.3 Å². The van der Waals surface area contributed by atoms with E-state index in [1.807, 2.05) is 13.8 Å². The second-order valence-electron chi connectivity index (χ2n) is 13.8. The molecule has 57 heavy (non-hydrogen) atoms. The number of primary amides is 1. The molecule has 0 bridgehead atoms. The van der Waals surface area contributed by atoms with Crippen LogP contribution in [0.4, 0.5) is 0 Å². The lowest BCUT2D eigenvalue weighted by atomic mass is 10.0. The molecule has 0 saturated heterocycles. The average molecular weight is 805 g/mol. The minimum Gasteiger partial charge on any atom is -0.480 e. The molecule has 17 N–H and O–H groups in total. The molecule has 0 aliphatic carbocycles. The zero-order valence-electron chi connectivity index (χ0n) is 32.6. The molecule has 0 spiro atoms. The van der Waals surface area contributed by atoms with E-state index < -0.39 is 90.6 Å². The maximum Gasteiger partial charge on any atom is 0.322 e. The quantitative estimate of drug-likeness (QED) is 0.0221. The number of unbranched alkanes of at least 4 members (excludes halogenated alkanes) is 1. The van der Waals surface area contributed by atoms with Crippen LogP contribution in [0.2, 0.25) is 0 Å². The van der Waals surface area contributed by atoms with Crippen LogP contribution >= 0.6 is 0 Å². The fourth-order valence-electron chi connectivity index (χ4n) is 5.37. The number of carboxylic acid groups (broad SMARTS) is 1. The minimum absolute atomic E-state index is 0.00379. The molecule has 21 heteroatoms. The van der Waals surface area contributed by atoms with Gasteiger partial charge in [0.2, 0.25) is 41.4 Å². The summed E-state index contributed by atoms with van der Waals surface area (Å²) in [5, 5.41) is 24.1. The van der Waals surface area contributed by atoms with Gasteiger partial charge in [-0.25, -0.2) is 0 Å². The molecule has 318 valence electrons. The normalized spacial score (nSPS) is 13.4. The Morgan fingerprint density at radius 1 is 0.684 bits per heavy atom. The van der Waals surface area contributed by atoms with Gasteiger partial charge in [-0.15, -0.1) is 0 Å². The fourth-order valence-corrected chi connectivity index (χ4v) is 5.37. The standard InChI is InChI=1S/C36H60N12O9/c1-21(2)17-26(47-31(53)23(38)13-14-28(39)49)35(57)46-24(11-6-7-15-37)32(54)43-19-29(50)45-25(12-8-16-42-36(40)41)34(56)48-27(33(55)44-20-30(51)52)18-22-9-4-3-5-10-22/h3-5,9-10,21,23-27H,6-8,11-20,37-38H2,1-2H3,(H2,39,49)(H,43,54)(H,44,55)(H,45,50)(H,46,57)(H,47,53)(H,48,56)(H,51,52)(H4,40,41,42)/t23-,24-,25-,26-,27-/m0/s1. The third kappa shape index (κ3) is 21.7. The Morgan fingerprint density at radius 3 is 1.84 bits per heavy atom. The molecule has 21 nitrogen and oxygen atoms in total. The number of hydrogen-bond acceptors (Lipinski definition) is 11. The summed E-state index contributed by atoms with van der Waals surface area (Å²) in [5.41, 5.74) is 28.2. The van der Waals surface area contributed by atoms with Crippen molar-refractivity contribution in [1.82, 2.24) is 31.9 Å². The van der Waals surface area contributed by atoms with E-state index in [1.165, 1.54) is 0 Å². The van der Waals surface area contributed by atoms with E-state index in [0.29, 0.717) is 24.9 Å². The number of rotatable bonds is 28. The van der Waals surface area contributed by atoms with Crippen LogP contribution in [0.1, 0.15) is 70.8 Å². The highest BCUT2D eigenvalue weighted by Crippen LogP contribution is 2.09. The van der Waals surface area contributed by atoms with Crippen LogP contribution in [0.5, 0.6) is 0 Å². The first-order valence-corrected chi connectivity index (χ1v) is 18.7. The SMILES string of the molecule is CC(C)C[C@H](NC(=O)[C@@H](N)CCC(N)=O)C(=O)N[C@@H](CCCCN)C(=O)NCC(=O)N[C@@H](CCCN=C(N)N)C(=O)N[C@@H](Cc1ccccc1)C(=O)NCC(=O)O. The number of guanidine groups is 1. The molecule has 0 heterocycles. The van der Waals surface area contributed by atoms with Crippen LogP contribution in [-0.2, 0) is 44.8 Å². The number of nitrogens with two attached hydrogens (primary N) is 5.